The molecule has 0 saturated carbocycles. The zero-order valence-electron chi connectivity index (χ0n) is 8.35. The molecule has 1 aromatic heterocycles. The largest absolute Gasteiger partial charge is 0.328 e. The van der Waals surface area contributed by atoms with Crippen LogP contribution in [0.25, 0.3) is 0 Å². The van der Waals surface area contributed by atoms with Crippen LogP contribution >= 0.6 is 11.3 Å². The lowest BCUT2D eigenvalue weighted by Crippen LogP contribution is -2.40. The van der Waals surface area contributed by atoms with Crippen LogP contribution in [0, 0.1) is 0 Å². The summed E-state index contributed by atoms with van der Waals surface area (Å²) in [7, 11) is 0. The van der Waals surface area contributed by atoms with E-state index in [1.54, 1.807) is 11.3 Å². The first-order valence-electron chi connectivity index (χ1n) is 5.21. The summed E-state index contributed by atoms with van der Waals surface area (Å²) in [5.74, 6) is 0. The van der Waals surface area contributed by atoms with Crippen LogP contribution in [0.15, 0.2) is 11.6 Å². The maximum absolute atomic E-state index is 5.85. The Hall–Kier alpha value is -0.450. The SMILES string of the molecule is NC1CCN(CCc2nccs2)CC1. The molecular formula is C10H17N3S. The van der Waals surface area contributed by atoms with Gasteiger partial charge >= 0.3 is 0 Å². The Morgan fingerprint density at radius 3 is 2.93 bits per heavy atom. The molecule has 0 atom stereocenters. The molecule has 0 radical (unpaired) electrons. The van der Waals surface area contributed by atoms with Crippen molar-refractivity contribution in [2.75, 3.05) is 19.6 Å². The van der Waals surface area contributed by atoms with Gasteiger partial charge in [-0.25, -0.2) is 4.98 Å². The summed E-state index contributed by atoms with van der Waals surface area (Å²) in [5, 5.41) is 3.29. The normalized spacial score (nSPS) is 20.1. The second-order valence-electron chi connectivity index (χ2n) is 3.85. The van der Waals surface area contributed by atoms with Crippen LogP contribution in [0.1, 0.15) is 17.8 Å². The minimum absolute atomic E-state index is 0.436. The predicted molar refractivity (Wildman–Crippen MR) is 59.5 cm³/mol. The molecule has 2 heterocycles. The number of nitrogens with zero attached hydrogens (tertiary/aromatic N) is 2. The third kappa shape index (κ3) is 2.77. The van der Waals surface area contributed by atoms with E-state index in [4.69, 9.17) is 5.73 Å². The van der Waals surface area contributed by atoms with Crippen LogP contribution in [0.3, 0.4) is 0 Å². The van der Waals surface area contributed by atoms with Gasteiger partial charge in [-0.2, -0.15) is 0 Å². The van der Waals surface area contributed by atoms with Crippen molar-refractivity contribution < 1.29 is 0 Å². The minimum atomic E-state index is 0.436. The second-order valence-corrected chi connectivity index (χ2v) is 4.83. The summed E-state index contributed by atoms with van der Waals surface area (Å²) in [6.07, 6.45) is 5.27. The van der Waals surface area contributed by atoms with E-state index < -0.39 is 0 Å². The number of aromatic nitrogens is 1. The van der Waals surface area contributed by atoms with Gasteiger partial charge in [-0.3, -0.25) is 0 Å². The van der Waals surface area contributed by atoms with Gasteiger partial charge in [0, 0.05) is 30.6 Å². The fourth-order valence-corrected chi connectivity index (χ4v) is 2.42. The molecule has 1 aromatic rings. The Kier molecular flexibility index (Phi) is 3.50. The lowest BCUT2D eigenvalue weighted by molar-refractivity contribution is 0.215. The molecule has 78 valence electrons. The lowest BCUT2D eigenvalue weighted by atomic mass is 10.1. The summed E-state index contributed by atoms with van der Waals surface area (Å²) in [4.78, 5) is 6.77. The quantitative estimate of drug-likeness (QED) is 0.814. The summed E-state index contributed by atoms with van der Waals surface area (Å²) < 4.78 is 0. The summed E-state index contributed by atoms with van der Waals surface area (Å²) in [5.41, 5.74) is 5.85. The van der Waals surface area contributed by atoms with Gasteiger partial charge in [0.25, 0.3) is 0 Å². The molecule has 4 heteroatoms. The van der Waals surface area contributed by atoms with Crippen LogP contribution in [-0.4, -0.2) is 35.6 Å². The van der Waals surface area contributed by atoms with E-state index in [9.17, 15) is 0 Å². The summed E-state index contributed by atoms with van der Waals surface area (Å²) >= 11 is 1.75. The smallest absolute Gasteiger partial charge is 0.0937 e. The molecule has 0 unspecified atom stereocenters. The molecule has 1 saturated heterocycles. The monoisotopic (exact) mass is 211 g/mol. The lowest BCUT2D eigenvalue weighted by Gasteiger charge is -2.29. The van der Waals surface area contributed by atoms with Crippen molar-refractivity contribution >= 4 is 11.3 Å². The maximum atomic E-state index is 5.85. The molecule has 1 fully saturated rings. The van der Waals surface area contributed by atoms with Gasteiger partial charge in [-0.15, -0.1) is 11.3 Å². The fourth-order valence-electron chi connectivity index (χ4n) is 1.81. The highest BCUT2D eigenvalue weighted by Gasteiger charge is 2.15. The Morgan fingerprint density at radius 2 is 2.29 bits per heavy atom. The fraction of sp³-hybridized carbons (Fsp3) is 0.700. The number of nitrogens with two attached hydrogens (primary N) is 1. The zero-order chi connectivity index (χ0) is 9.80. The standard InChI is InChI=1S/C10H17N3S/c11-9-1-5-13(6-2-9)7-3-10-12-4-8-14-10/h4,8-9H,1-3,5-7,11H2. The van der Waals surface area contributed by atoms with Gasteiger partial charge in [0.2, 0.25) is 0 Å². The molecule has 2 rings (SSSR count). The second kappa shape index (κ2) is 4.87. The molecule has 1 aliphatic rings. The van der Waals surface area contributed by atoms with Gasteiger partial charge in [-0.05, 0) is 25.9 Å². The van der Waals surface area contributed by atoms with Crippen molar-refractivity contribution in [2.24, 2.45) is 5.73 Å². The Balaban J connectivity index is 1.71. The third-order valence-electron chi connectivity index (χ3n) is 2.76. The van der Waals surface area contributed by atoms with Crippen molar-refractivity contribution in [1.82, 2.24) is 9.88 Å². The van der Waals surface area contributed by atoms with E-state index in [0.717, 1.165) is 38.9 Å². The zero-order valence-corrected chi connectivity index (χ0v) is 9.17. The third-order valence-corrected chi connectivity index (χ3v) is 3.60. The van der Waals surface area contributed by atoms with Gasteiger partial charge in [0.05, 0.1) is 5.01 Å². The van der Waals surface area contributed by atoms with E-state index in [-0.39, 0.29) is 0 Å². The molecule has 0 aromatic carbocycles. The van der Waals surface area contributed by atoms with Gasteiger partial charge in [0.15, 0.2) is 0 Å². The molecule has 2 N–H and O–H groups in total. The average molecular weight is 211 g/mol. The molecule has 0 bridgehead atoms. The van der Waals surface area contributed by atoms with Crippen molar-refractivity contribution in [1.29, 1.82) is 0 Å². The predicted octanol–water partition coefficient (Wildman–Crippen LogP) is 1.11. The highest BCUT2D eigenvalue weighted by molar-refractivity contribution is 7.09. The highest BCUT2D eigenvalue weighted by atomic mass is 32.1. The topological polar surface area (TPSA) is 42.1 Å². The Bertz CT molecular complexity index is 252. The van der Waals surface area contributed by atoms with Crippen molar-refractivity contribution in [3.63, 3.8) is 0 Å². The van der Waals surface area contributed by atoms with Gasteiger partial charge in [0.1, 0.15) is 0 Å². The first kappa shape index (κ1) is 10.1. The maximum Gasteiger partial charge on any atom is 0.0937 e. The Morgan fingerprint density at radius 1 is 1.50 bits per heavy atom. The molecule has 0 aliphatic carbocycles. The molecule has 3 nitrogen and oxygen atoms in total. The van der Waals surface area contributed by atoms with E-state index >= 15 is 0 Å². The van der Waals surface area contributed by atoms with E-state index in [1.807, 2.05) is 11.6 Å². The van der Waals surface area contributed by atoms with Crippen molar-refractivity contribution in [3.8, 4) is 0 Å². The van der Waals surface area contributed by atoms with Crippen LogP contribution in [-0.2, 0) is 6.42 Å². The summed E-state index contributed by atoms with van der Waals surface area (Å²) in [6, 6.07) is 0.436. The first-order valence-corrected chi connectivity index (χ1v) is 6.09. The van der Waals surface area contributed by atoms with E-state index in [1.165, 1.54) is 5.01 Å². The molecule has 14 heavy (non-hydrogen) atoms. The first-order chi connectivity index (χ1) is 6.84. The van der Waals surface area contributed by atoms with Gasteiger partial charge in [-0.1, -0.05) is 0 Å². The van der Waals surface area contributed by atoms with Crippen molar-refractivity contribution in [2.45, 2.75) is 25.3 Å². The van der Waals surface area contributed by atoms with Crippen LogP contribution < -0.4 is 5.73 Å². The van der Waals surface area contributed by atoms with Gasteiger partial charge < -0.3 is 10.6 Å². The average Bonchev–Trinajstić information content (AvgIpc) is 2.70. The van der Waals surface area contributed by atoms with E-state index in [0.29, 0.717) is 6.04 Å². The number of hydrogen-bond donors (Lipinski definition) is 1. The Labute approximate surface area is 88.9 Å². The number of piperidine rings is 1. The molecule has 0 spiro atoms. The van der Waals surface area contributed by atoms with Crippen molar-refractivity contribution in [3.05, 3.63) is 16.6 Å². The summed E-state index contributed by atoms with van der Waals surface area (Å²) in [6.45, 7) is 3.46. The number of thiazole rings is 1. The molecule has 1 aliphatic heterocycles. The van der Waals surface area contributed by atoms with Crippen LogP contribution in [0.4, 0.5) is 0 Å². The van der Waals surface area contributed by atoms with E-state index in [2.05, 4.69) is 9.88 Å². The number of hydrogen-bond acceptors (Lipinski definition) is 4. The number of rotatable bonds is 3. The molecule has 0 amide bonds. The minimum Gasteiger partial charge on any atom is -0.328 e. The highest BCUT2D eigenvalue weighted by Crippen LogP contribution is 2.10. The molecular weight excluding hydrogens is 194 g/mol. The number of likely N-dealkylation sites (tertiary alicyclic amines) is 1. The van der Waals surface area contributed by atoms with Crippen LogP contribution in [0.2, 0.25) is 0 Å². The van der Waals surface area contributed by atoms with Crippen LogP contribution in [0.5, 0.6) is 0 Å².